The fraction of sp³-hybridized carbons (Fsp3) is 0.267. The second kappa shape index (κ2) is 8.08. The molecule has 0 aliphatic rings. The van der Waals surface area contributed by atoms with Crippen LogP contribution in [0.1, 0.15) is 23.0 Å². The van der Waals surface area contributed by atoms with Gasteiger partial charge in [0.2, 0.25) is 0 Å². The molecule has 0 saturated carbocycles. The molecule has 0 radical (unpaired) electrons. The van der Waals surface area contributed by atoms with E-state index in [4.69, 9.17) is 11.6 Å². The smallest absolute Gasteiger partial charge is 0.272 e. The van der Waals surface area contributed by atoms with E-state index >= 15 is 0 Å². The van der Waals surface area contributed by atoms with Gasteiger partial charge in [0.05, 0.1) is 5.02 Å². The Morgan fingerprint density at radius 3 is 2.67 bits per heavy atom. The van der Waals surface area contributed by atoms with Gasteiger partial charge in [-0.2, -0.15) is 0 Å². The molecule has 21 heavy (non-hydrogen) atoms. The maximum atomic E-state index is 12.3. The van der Waals surface area contributed by atoms with Crippen molar-refractivity contribution in [1.29, 1.82) is 0 Å². The standard InChI is InChI=1S/C15H18ClN3O.ClH/c1-3-17-9-11-6-4-5-7-13(11)18-15(20)14-8-12(16)10-19(14)2;/h4-8,10,17H,3,9H2,1-2H3,(H,18,20);1H. The molecule has 1 amide bonds. The van der Waals surface area contributed by atoms with Gasteiger partial charge in [-0.25, -0.2) is 0 Å². The van der Waals surface area contributed by atoms with Gasteiger partial charge in [-0.15, -0.1) is 12.4 Å². The number of para-hydroxylation sites is 1. The summed E-state index contributed by atoms with van der Waals surface area (Å²) in [6.45, 7) is 3.66. The molecule has 0 fully saturated rings. The normalized spacial score (nSPS) is 10.0. The van der Waals surface area contributed by atoms with Crippen LogP contribution in [-0.2, 0) is 13.6 Å². The number of hydrogen-bond donors (Lipinski definition) is 2. The van der Waals surface area contributed by atoms with E-state index in [-0.39, 0.29) is 18.3 Å². The molecule has 0 spiro atoms. The van der Waals surface area contributed by atoms with Gasteiger partial charge in [0, 0.05) is 25.5 Å². The van der Waals surface area contributed by atoms with Crippen LogP contribution in [0.2, 0.25) is 5.02 Å². The third-order valence-electron chi connectivity index (χ3n) is 3.04. The lowest BCUT2D eigenvalue weighted by Gasteiger charge is -2.11. The second-order valence-electron chi connectivity index (χ2n) is 4.55. The number of carbonyl (C=O) groups is 1. The monoisotopic (exact) mass is 327 g/mol. The van der Waals surface area contributed by atoms with Crippen LogP contribution in [0.3, 0.4) is 0 Å². The summed E-state index contributed by atoms with van der Waals surface area (Å²) in [5.41, 5.74) is 2.41. The van der Waals surface area contributed by atoms with E-state index in [1.54, 1.807) is 23.9 Å². The van der Waals surface area contributed by atoms with Crippen molar-refractivity contribution < 1.29 is 4.79 Å². The lowest BCUT2D eigenvalue weighted by atomic mass is 10.1. The van der Waals surface area contributed by atoms with Crippen molar-refractivity contribution in [3.63, 3.8) is 0 Å². The molecule has 114 valence electrons. The maximum absolute atomic E-state index is 12.3. The molecule has 1 aromatic carbocycles. The summed E-state index contributed by atoms with van der Waals surface area (Å²) >= 11 is 5.90. The first-order valence-corrected chi connectivity index (χ1v) is 6.91. The first kappa shape index (κ1) is 17.6. The van der Waals surface area contributed by atoms with Crippen LogP contribution in [0.15, 0.2) is 36.5 Å². The summed E-state index contributed by atoms with van der Waals surface area (Å²) in [5, 5.41) is 6.74. The van der Waals surface area contributed by atoms with Crippen LogP contribution >= 0.6 is 24.0 Å². The number of rotatable bonds is 5. The Bertz CT molecular complexity index is 611. The first-order valence-electron chi connectivity index (χ1n) is 6.53. The summed E-state index contributed by atoms with van der Waals surface area (Å²) < 4.78 is 1.71. The lowest BCUT2D eigenvalue weighted by molar-refractivity contribution is 0.101. The first-order chi connectivity index (χ1) is 9.61. The van der Waals surface area contributed by atoms with Crippen molar-refractivity contribution in [2.45, 2.75) is 13.5 Å². The molecule has 0 aliphatic heterocycles. The minimum Gasteiger partial charge on any atom is -0.345 e. The maximum Gasteiger partial charge on any atom is 0.272 e. The molecule has 1 heterocycles. The third kappa shape index (κ3) is 4.49. The molecule has 1 aromatic heterocycles. The number of amides is 1. The van der Waals surface area contributed by atoms with Gasteiger partial charge in [-0.1, -0.05) is 36.7 Å². The van der Waals surface area contributed by atoms with Crippen LogP contribution in [0, 0.1) is 0 Å². The van der Waals surface area contributed by atoms with Crippen LogP contribution in [-0.4, -0.2) is 17.0 Å². The van der Waals surface area contributed by atoms with Crippen LogP contribution in [0.4, 0.5) is 5.69 Å². The number of aromatic nitrogens is 1. The Balaban J connectivity index is 0.00000220. The number of halogens is 2. The highest BCUT2D eigenvalue weighted by Crippen LogP contribution is 2.18. The van der Waals surface area contributed by atoms with Gasteiger partial charge < -0.3 is 15.2 Å². The van der Waals surface area contributed by atoms with E-state index in [9.17, 15) is 4.79 Å². The van der Waals surface area contributed by atoms with E-state index in [0.717, 1.165) is 24.3 Å². The Kier molecular flexibility index (Phi) is 6.75. The molecule has 0 unspecified atom stereocenters. The number of anilines is 1. The highest BCUT2D eigenvalue weighted by Gasteiger charge is 2.12. The number of nitrogens with one attached hydrogen (secondary N) is 2. The van der Waals surface area contributed by atoms with Crippen LogP contribution in [0.5, 0.6) is 0 Å². The second-order valence-corrected chi connectivity index (χ2v) is 4.98. The van der Waals surface area contributed by atoms with Crippen LogP contribution in [0.25, 0.3) is 0 Å². The molecule has 2 N–H and O–H groups in total. The summed E-state index contributed by atoms with van der Waals surface area (Å²) in [7, 11) is 1.80. The van der Waals surface area contributed by atoms with Gasteiger partial charge in [0.15, 0.2) is 0 Å². The highest BCUT2D eigenvalue weighted by atomic mass is 35.5. The molecule has 0 aliphatic carbocycles. The Labute approximate surface area is 135 Å². The van der Waals surface area contributed by atoms with Crippen molar-refractivity contribution in [1.82, 2.24) is 9.88 Å². The van der Waals surface area contributed by atoms with Gasteiger partial charge in [-0.3, -0.25) is 4.79 Å². The molecule has 0 saturated heterocycles. The number of nitrogens with zero attached hydrogens (tertiary/aromatic N) is 1. The van der Waals surface area contributed by atoms with Gasteiger partial charge in [0.25, 0.3) is 5.91 Å². The minimum absolute atomic E-state index is 0. The van der Waals surface area contributed by atoms with E-state index < -0.39 is 0 Å². The predicted molar refractivity (Wildman–Crippen MR) is 89.4 cm³/mol. The average molecular weight is 328 g/mol. The lowest BCUT2D eigenvalue weighted by Crippen LogP contribution is -2.18. The molecule has 6 heteroatoms. The van der Waals surface area contributed by atoms with E-state index in [1.165, 1.54) is 0 Å². The topological polar surface area (TPSA) is 46.1 Å². The van der Waals surface area contributed by atoms with Crippen molar-refractivity contribution in [3.05, 3.63) is 52.8 Å². The Hall–Kier alpha value is -1.49. The zero-order chi connectivity index (χ0) is 14.5. The number of benzene rings is 1. The van der Waals surface area contributed by atoms with Crippen molar-refractivity contribution >= 4 is 35.6 Å². The third-order valence-corrected chi connectivity index (χ3v) is 3.24. The predicted octanol–water partition coefficient (Wildman–Crippen LogP) is 3.46. The molecule has 4 nitrogen and oxygen atoms in total. The summed E-state index contributed by atoms with van der Waals surface area (Å²) in [5.74, 6) is -0.164. The molecule has 2 rings (SSSR count). The van der Waals surface area contributed by atoms with Crippen molar-refractivity contribution in [2.75, 3.05) is 11.9 Å². The fourth-order valence-electron chi connectivity index (χ4n) is 1.99. The van der Waals surface area contributed by atoms with Gasteiger partial charge in [-0.05, 0) is 24.2 Å². The number of hydrogen-bond acceptors (Lipinski definition) is 2. The number of carbonyl (C=O) groups excluding carboxylic acids is 1. The minimum atomic E-state index is -0.164. The largest absolute Gasteiger partial charge is 0.345 e. The van der Waals surface area contributed by atoms with E-state index in [2.05, 4.69) is 10.6 Å². The average Bonchev–Trinajstić information content (AvgIpc) is 2.77. The zero-order valence-electron chi connectivity index (χ0n) is 12.0. The quantitative estimate of drug-likeness (QED) is 0.883. The SMILES string of the molecule is CCNCc1ccccc1NC(=O)c1cc(Cl)cn1C.Cl. The van der Waals surface area contributed by atoms with Gasteiger partial charge >= 0.3 is 0 Å². The molecular weight excluding hydrogens is 309 g/mol. The molecule has 2 aromatic rings. The summed E-state index contributed by atoms with van der Waals surface area (Å²) in [6.07, 6.45) is 1.71. The highest BCUT2D eigenvalue weighted by molar-refractivity contribution is 6.31. The number of aryl methyl sites for hydroxylation is 1. The summed E-state index contributed by atoms with van der Waals surface area (Å²) in [4.78, 5) is 12.3. The molecule has 0 atom stereocenters. The van der Waals surface area contributed by atoms with E-state index in [0.29, 0.717) is 10.7 Å². The van der Waals surface area contributed by atoms with Crippen molar-refractivity contribution in [3.8, 4) is 0 Å². The Morgan fingerprint density at radius 1 is 1.33 bits per heavy atom. The van der Waals surface area contributed by atoms with Crippen LogP contribution < -0.4 is 10.6 Å². The van der Waals surface area contributed by atoms with Crippen molar-refractivity contribution in [2.24, 2.45) is 7.05 Å². The van der Waals surface area contributed by atoms with Gasteiger partial charge in [0.1, 0.15) is 5.69 Å². The Morgan fingerprint density at radius 2 is 2.05 bits per heavy atom. The fourth-order valence-corrected chi connectivity index (χ4v) is 2.24. The zero-order valence-corrected chi connectivity index (χ0v) is 13.6. The van der Waals surface area contributed by atoms with E-state index in [1.807, 2.05) is 31.2 Å². The summed E-state index contributed by atoms with van der Waals surface area (Å²) in [6, 6.07) is 9.42. The molecular formula is C15H19Cl2N3O. The molecule has 0 bridgehead atoms.